The molecule has 65 heavy (non-hydrogen) atoms. The largest absolute Gasteiger partial charge is 0.366 e. The van der Waals surface area contributed by atoms with E-state index in [-0.39, 0.29) is 37.1 Å². The van der Waals surface area contributed by atoms with Gasteiger partial charge in [0.05, 0.1) is 34.5 Å². The minimum absolute atomic E-state index is 0.0522. The van der Waals surface area contributed by atoms with Gasteiger partial charge in [-0.05, 0) is 91.4 Å². The molecule has 0 aliphatic carbocycles. The Bertz CT molecular complexity index is 1830. The summed E-state index contributed by atoms with van der Waals surface area (Å²) < 4.78 is 12.5. The lowest BCUT2D eigenvalue weighted by atomic mass is 9.99. The Kier molecular flexibility index (Phi) is 18.4. The van der Waals surface area contributed by atoms with Gasteiger partial charge in [-0.3, -0.25) is 38.6 Å². The number of carbonyl (C=O) groups is 7. The number of hydrogen-bond acceptors (Lipinski definition) is 11. The maximum absolute atomic E-state index is 14.5. The topological polar surface area (TPSA) is 217 Å². The van der Waals surface area contributed by atoms with Crippen LogP contribution in [-0.2, 0) is 43.0 Å². The number of thioether (sulfide) groups is 1. The Morgan fingerprint density at radius 2 is 1.06 bits per heavy atom. The number of rotatable bonds is 12. The van der Waals surface area contributed by atoms with E-state index < -0.39 is 119 Å². The Balaban J connectivity index is 1.83. The van der Waals surface area contributed by atoms with Gasteiger partial charge in [0, 0.05) is 18.8 Å². The summed E-state index contributed by atoms with van der Waals surface area (Å²) in [6, 6.07) is -8.11. The van der Waals surface area contributed by atoms with E-state index in [4.69, 9.17) is 14.5 Å². The van der Waals surface area contributed by atoms with E-state index in [1.54, 1.807) is 67.5 Å². The average molecular weight is 929 g/mol. The SMILES string of the molecule is C=CC(C)(C)OC(C)C1NC(=O)C2CSC(=N2)C(C(C)C)NC(=O)C(C(C)OC(C)(C)C=C)NC(=O)C2CCCN2C(=O)C(C(C)C)NC(=O)C2CCCN2C(=O)C(CC(C)C)NC1=O. The Labute approximate surface area is 390 Å². The zero-order valence-corrected chi connectivity index (χ0v) is 41.5. The fourth-order valence-electron chi connectivity index (χ4n) is 8.64. The van der Waals surface area contributed by atoms with Crippen molar-refractivity contribution < 1.29 is 43.0 Å². The molecule has 17 nitrogen and oxygen atoms in total. The highest BCUT2D eigenvalue weighted by Crippen LogP contribution is 2.27. The molecule has 0 spiro atoms. The second-order valence-corrected chi connectivity index (χ2v) is 21.1. The molecule has 364 valence electrons. The highest BCUT2D eigenvalue weighted by atomic mass is 32.2. The average Bonchev–Trinajstić information content (AvgIpc) is 4.03. The molecule has 18 heteroatoms. The molecular formula is C47H76N8O9S. The van der Waals surface area contributed by atoms with Gasteiger partial charge < -0.3 is 45.9 Å². The Hall–Kier alpha value is -4.29. The van der Waals surface area contributed by atoms with Crippen molar-refractivity contribution in [2.45, 2.75) is 187 Å². The van der Waals surface area contributed by atoms with Crippen LogP contribution in [0.25, 0.3) is 0 Å². The Morgan fingerprint density at radius 3 is 1.52 bits per heavy atom. The molecular weight excluding hydrogens is 853 g/mol. The van der Waals surface area contributed by atoms with Crippen LogP contribution >= 0.6 is 11.8 Å². The highest BCUT2D eigenvalue weighted by molar-refractivity contribution is 8.14. The van der Waals surface area contributed by atoms with Gasteiger partial charge in [-0.15, -0.1) is 24.9 Å². The molecule has 0 radical (unpaired) electrons. The van der Waals surface area contributed by atoms with Crippen molar-refractivity contribution in [3.05, 3.63) is 25.3 Å². The third-order valence-corrected chi connectivity index (χ3v) is 13.6. The molecule has 0 aromatic heterocycles. The standard InChI is InChI=1S/C47H76N8O9S/c1-15-46(11,12)63-28(9)36-41(59)48-30(23-25(3)4)44(61)54-21-17-19-32(54)39(57)51-35(27(7)8)45(62)55-22-18-20-33(55)40(58)53-37(29(10)64-47(13,14)16-2)42(60)50-34(26(5)6)43-49-31(24-65-43)38(56)52-36/h15-16,25-37H,1-2,17-24H2,3-14H3,(H,48,59)(H,50,60)(H,51,57)(H,52,56)(H,53,58). The van der Waals surface area contributed by atoms with Crippen LogP contribution in [0.2, 0.25) is 0 Å². The van der Waals surface area contributed by atoms with Gasteiger partial charge in [0.15, 0.2) is 0 Å². The van der Waals surface area contributed by atoms with Crippen molar-refractivity contribution in [2.24, 2.45) is 22.7 Å². The third-order valence-electron chi connectivity index (χ3n) is 12.5. The Morgan fingerprint density at radius 1 is 0.631 bits per heavy atom. The normalized spacial score (nSPS) is 29.3. The van der Waals surface area contributed by atoms with Crippen molar-refractivity contribution in [3.63, 3.8) is 0 Å². The maximum atomic E-state index is 14.5. The quantitative estimate of drug-likeness (QED) is 0.180. The van der Waals surface area contributed by atoms with E-state index in [0.717, 1.165) is 0 Å². The van der Waals surface area contributed by atoms with Crippen LogP contribution in [0.1, 0.15) is 115 Å². The van der Waals surface area contributed by atoms with Crippen LogP contribution in [0, 0.1) is 17.8 Å². The first-order valence-electron chi connectivity index (χ1n) is 23.3. The van der Waals surface area contributed by atoms with E-state index in [1.165, 1.54) is 21.6 Å². The predicted molar refractivity (Wildman–Crippen MR) is 252 cm³/mol. The lowest BCUT2D eigenvalue weighted by molar-refractivity contribution is -0.146. The minimum atomic E-state index is -1.28. The molecule has 5 N–H and O–H groups in total. The molecule has 4 heterocycles. The van der Waals surface area contributed by atoms with Crippen molar-refractivity contribution >= 4 is 58.2 Å². The lowest BCUT2D eigenvalue weighted by Gasteiger charge is -2.35. The van der Waals surface area contributed by atoms with Gasteiger partial charge in [0.1, 0.15) is 42.3 Å². The first-order chi connectivity index (χ1) is 30.3. The zero-order valence-electron chi connectivity index (χ0n) is 40.7. The number of hydrogen-bond donors (Lipinski definition) is 5. The molecule has 0 aromatic carbocycles. The summed E-state index contributed by atoms with van der Waals surface area (Å²) in [6.07, 6.45) is 3.33. The first-order valence-corrected chi connectivity index (χ1v) is 24.3. The molecule has 0 aromatic rings. The van der Waals surface area contributed by atoms with Crippen molar-refractivity contribution in [1.82, 2.24) is 36.4 Å². The molecule has 4 rings (SSSR count). The van der Waals surface area contributed by atoms with Gasteiger partial charge in [0.25, 0.3) is 0 Å². The monoisotopic (exact) mass is 929 g/mol. The van der Waals surface area contributed by atoms with Crippen LogP contribution in [-0.4, -0.2) is 147 Å². The molecule has 0 saturated carbocycles. The number of aliphatic imine (C=N–C) groups is 1. The summed E-state index contributed by atoms with van der Waals surface area (Å²) in [5.41, 5.74) is -1.77. The van der Waals surface area contributed by atoms with Crippen LogP contribution in [0.4, 0.5) is 0 Å². The molecule has 2 fully saturated rings. The second kappa shape index (κ2) is 22.5. The minimum Gasteiger partial charge on any atom is -0.366 e. The fraction of sp³-hybridized carbons (Fsp3) is 0.745. The molecule has 4 aliphatic heterocycles. The van der Waals surface area contributed by atoms with Gasteiger partial charge in [-0.2, -0.15) is 0 Å². The number of nitrogens with zero attached hydrogens (tertiary/aromatic N) is 3. The number of ether oxygens (including phenoxy) is 2. The summed E-state index contributed by atoms with van der Waals surface area (Å²) >= 11 is 1.30. The third kappa shape index (κ3) is 13.6. The molecule has 10 atom stereocenters. The molecule has 4 aliphatic rings. The van der Waals surface area contributed by atoms with Crippen molar-refractivity contribution in [1.29, 1.82) is 0 Å². The number of fused-ring (bicyclic) bond motifs is 3. The summed E-state index contributed by atoms with van der Waals surface area (Å²) in [5, 5.41) is 15.2. The van der Waals surface area contributed by atoms with Crippen molar-refractivity contribution in [2.75, 3.05) is 18.8 Å². The molecule has 2 bridgehead atoms. The van der Waals surface area contributed by atoms with Crippen LogP contribution < -0.4 is 26.6 Å². The summed E-state index contributed by atoms with van der Waals surface area (Å²) in [5.74, 6) is -4.20. The van der Waals surface area contributed by atoms with Crippen LogP contribution in [0.15, 0.2) is 30.3 Å². The van der Waals surface area contributed by atoms with E-state index in [9.17, 15) is 33.6 Å². The van der Waals surface area contributed by atoms with Gasteiger partial charge in [0.2, 0.25) is 41.4 Å². The maximum Gasteiger partial charge on any atom is 0.246 e. The van der Waals surface area contributed by atoms with Crippen molar-refractivity contribution in [3.8, 4) is 0 Å². The second-order valence-electron chi connectivity index (χ2n) is 20.1. The van der Waals surface area contributed by atoms with Gasteiger partial charge in [-0.1, -0.05) is 53.7 Å². The first kappa shape index (κ1) is 53.3. The predicted octanol–water partition coefficient (Wildman–Crippen LogP) is 3.02. The highest BCUT2D eigenvalue weighted by Gasteiger charge is 2.45. The molecule has 2 saturated heterocycles. The zero-order chi connectivity index (χ0) is 48.7. The summed E-state index contributed by atoms with van der Waals surface area (Å²) in [6.45, 7) is 29.9. The van der Waals surface area contributed by atoms with E-state index in [0.29, 0.717) is 30.7 Å². The molecule has 7 amide bonds. The number of nitrogens with one attached hydrogen (secondary N) is 5. The fourth-order valence-corrected chi connectivity index (χ4v) is 9.90. The van der Waals surface area contributed by atoms with Crippen LogP contribution in [0.5, 0.6) is 0 Å². The smallest absolute Gasteiger partial charge is 0.246 e. The van der Waals surface area contributed by atoms with Crippen LogP contribution in [0.3, 0.4) is 0 Å². The molecule has 10 unspecified atom stereocenters. The number of carbonyl (C=O) groups excluding carboxylic acids is 7. The van der Waals surface area contributed by atoms with E-state index in [2.05, 4.69) is 39.7 Å². The van der Waals surface area contributed by atoms with Gasteiger partial charge in [-0.25, -0.2) is 0 Å². The van der Waals surface area contributed by atoms with E-state index >= 15 is 0 Å². The summed E-state index contributed by atoms with van der Waals surface area (Å²) in [7, 11) is 0. The number of amides is 7. The lowest BCUT2D eigenvalue weighted by Crippen LogP contribution is -2.62. The van der Waals surface area contributed by atoms with E-state index in [1.807, 2.05) is 27.7 Å². The summed E-state index contributed by atoms with van der Waals surface area (Å²) in [4.78, 5) is 108. The van der Waals surface area contributed by atoms with Gasteiger partial charge >= 0.3 is 0 Å².